The first-order chi connectivity index (χ1) is 21.6. The standard InChI is InChI=1S/C37H43FN4O2Si/c1-27(2)34(35-41-33-24-39-22-21-32(33)36(43)42(35)25-28-15-9-6-10-16-28)40-23-29(38)26-44-45(37(3,4)5,30-17-11-7-12-18-30)31-19-13-8-14-20-31/h6-22,24,27,29,34,40H,23,25-26H2,1-5H3/t29-,34+/m1/s1. The first kappa shape index (κ1) is 32.4. The van der Waals surface area contributed by atoms with Crippen molar-refractivity contribution in [2.75, 3.05) is 13.2 Å². The van der Waals surface area contributed by atoms with Gasteiger partial charge in [-0.2, -0.15) is 0 Å². The topological polar surface area (TPSA) is 69.0 Å². The molecule has 0 fully saturated rings. The number of halogens is 1. The summed E-state index contributed by atoms with van der Waals surface area (Å²) in [6.07, 6.45) is 1.93. The summed E-state index contributed by atoms with van der Waals surface area (Å²) < 4.78 is 24.6. The molecule has 234 valence electrons. The number of alkyl halides is 1. The highest BCUT2D eigenvalue weighted by molar-refractivity contribution is 6.99. The average Bonchev–Trinajstić information content (AvgIpc) is 3.04. The van der Waals surface area contributed by atoms with Crippen LogP contribution in [0.3, 0.4) is 0 Å². The van der Waals surface area contributed by atoms with Crippen LogP contribution in [-0.4, -0.2) is 42.2 Å². The molecule has 0 saturated heterocycles. The average molecular weight is 623 g/mol. The molecule has 6 nitrogen and oxygen atoms in total. The van der Waals surface area contributed by atoms with Crippen molar-refractivity contribution >= 4 is 29.6 Å². The predicted octanol–water partition coefficient (Wildman–Crippen LogP) is 6.04. The van der Waals surface area contributed by atoms with E-state index in [1.54, 1.807) is 23.0 Å². The van der Waals surface area contributed by atoms with Gasteiger partial charge in [0.05, 0.1) is 36.3 Å². The first-order valence-corrected chi connectivity index (χ1v) is 17.5. The molecule has 0 spiro atoms. The number of benzene rings is 3. The molecule has 3 aromatic carbocycles. The van der Waals surface area contributed by atoms with E-state index >= 15 is 4.39 Å². The van der Waals surface area contributed by atoms with Gasteiger partial charge in [0.2, 0.25) is 0 Å². The predicted molar refractivity (Wildman–Crippen MR) is 183 cm³/mol. The van der Waals surface area contributed by atoms with E-state index in [1.165, 1.54) is 0 Å². The number of nitrogens with zero attached hydrogens (tertiary/aromatic N) is 3. The van der Waals surface area contributed by atoms with Crippen molar-refractivity contribution in [1.29, 1.82) is 0 Å². The highest BCUT2D eigenvalue weighted by atomic mass is 28.4. The molecule has 45 heavy (non-hydrogen) atoms. The molecule has 2 heterocycles. The Balaban J connectivity index is 1.43. The molecule has 0 bridgehead atoms. The van der Waals surface area contributed by atoms with Crippen molar-refractivity contribution in [2.45, 2.75) is 58.4 Å². The van der Waals surface area contributed by atoms with Crippen molar-refractivity contribution in [3.05, 3.63) is 131 Å². The fourth-order valence-electron chi connectivity index (χ4n) is 6.16. The van der Waals surface area contributed by atoms with Gasteiger partial charge in [0, 0.05) is 12.7 Å². The number of rotatable bonds is 12. The van der Waals surface area contributed by atoms with Crippen molar-refractivity contribution in [2.24, 2.45) is 5.92 Å². The quantitative estimate of drug-likeness (QED) is 0.172. The van der Waals surface area contributed by atoms with Gasteiger partial charge < -0.3 is 9.74 Å². The Hall–Kier alpha value is -3.98. The first-order valence-electron chi connectivity index (χ1n) is 15.6. The zero-order chi connectivity index (χ0) is 32.0. The number of nitrogens with one attached hydrogen (secondary N) is 1. The lowest BCUT2D eigenvalue weighted by molar-refractivity contribution is 0.175. The van der Waals surface area contributed by atoms with Crippen LogP contribution in [0.4, 0.5) is 4.39 Å². The third kappa shape index (κ3) is 6.98. The fraction of sp³-hybridized carbons (Fsp3) is 0.324. The molecule has 0 amide bonds. The Kier molecular flexibility index (Phi) is 10.1. The number of fused-ring (bicyclic) bond motifs is 1. The molecule has 2 aromatic heterocycles. The van der Waals surface area contributed by atoms with Gasteiger partial charge in [0.15, 0.2) is 0 Å². The van der Waals surface area contributed by atoms with Gasteiger partial charge >= 0.3 is 0 Å². The molecule has 0 saturated carbocycles. The van der Waals surface area contributed by atoms with Crippen LogP contribution in [0, 0.1) is 5.92 Å². The summed E-state index contributed by atoms with van der Waals surface area (Å²) >= 11 is 0. The number of hydrogen-bond donors (Lipinski definition) is 1. The largest absolute Gasteiger partial charge is 0.404 e. The lowest BCUT2D eigenvalue weighted by Gasteiger charge is -2.43. The molecule has 2 atom stereocenters. The zero-order valence-corrected chi connectivity index (χ0v) is 27.8. The van der Waals surface area contributed by atoms with Crippen LogP contribution in [0.5, 0.6) is 0 Å². The minimum Gasteiger partial charge on any atom is -0.404 e. The summed E-state index contributed by atoms with van der Waals surface area (Å²) in [5.41, 5.74) is 1.38. The summed E-state index contributed by atoms with van der Waals surface area (Å²) in [6.45, 7) is 11.0. The minimum absolute atomic E-state index is 0.0258. The van der Waals surface area contributed by atoms with Crippen molar-refractivity contribution in [3.8, 4) is 0 Å². The van der Waals surface area contributed by atoms with Crippen LogP contribution >= 0.6 is 0 Å². The maximum Gasteiger partial charge on any atom is 0.261 e. The van der Waals surface area contributed by atoms with E-state index in [0.717, 1.165) is 15.9 Å². The van der Waals surface area contributed by atoms with Crippen molar-refractivity contribution in [1.82, 2.24) is 19.9 Å². The summed E-state index contributed by atoms with van der Waals surface area (Å²) in [7, 11) is -2.88. The van der Waals surface area contributed by atoms with E-state index in [4.69, 9.17) is 9.41 Å². The van der Waals surface area contributed by atoms with Crippen LogP contribution in [0.2, 0.25) is 5.04 Å². The highest BCUT2D eigenvalue weighted by Gasteiger charge is 2.50. The molecular weight excluding hydrogens is 580 g/mol. The normalized spacial score (nSPS) is 13.7. The summed E-state index contributed by atoms with van der Waals surface area (Å²) in [5, 5.41) is 5.91. The molecule has 1 N–H and O–H groups in total. The van der Waals surface area contributed by atoms with E-state index in [1.807, 2.05) is 66.7 Å². The summed E-state index contributed by atoms with van der Waals surface area (Å²) in [6, 6.07) is 31.7. The van der Waals surface area contributed by atoms with Gasteiger partial charge in [0.1, 0.15) is 12.0 Å². The Morgan fingerprint density at radius 3 is 2.02 bits per heavy atom. The molecular formula is C37H43FN4O2Si. The summed E-state index contributed by atoms with van der Waals surface area (Å²) in [5.74, 6) is 0.595. The second kappa shape index (κ2) is 14.0. The molecule has 0 aliphatic rings. The van der Waals surface area contributed by atoms with E-state index in [9.17, 15) is 4.79 Å². The monoisotopic (exact) mass is 622 g/mol. The van der Waals surface area contributed by atoms with Crippen molar-refractivity contribution in [3.63, 3.8) is 0 Å². The lowest BCUT2D eigenvalue weighted by atomic mass is 10.0. The van der Waals surface area contributed by atoms with Gasteiger partial charge in [-0.05, 0) is 33.0 Å². The van der Waals surface area contributed by atoms with Gasteiger partial charge in [-0.1, -0.05) is 126 Å². The third-order valence-electron chi connectivity index (χ3n) is 8.37. The van der Waals surface area contributed by atoms with Crippen LogP contribution in [-0.2, 0) is 11.0 Å². The van der Waals surface area contributed by atoms with E-state index < -0.39 is 14.5 Å². The molecule has 5 rings (SSSR count). The van der Waals surface area contributed by atoms with Crippen LogP contribution in [0.25, 0.3) is 10.9 Å². The van der Waals surface area contributed by atoms with Crippen LogP contribution < -0.4 is 21.2 Å². The van der Waals surface area contributed by atoms with Gasteiger partial charge in [-0.15, -0.1) is 0 Å². The molecule has 8 heteroatoms. The second-order valence-electron chi connectivity index (χ2n) is 12.9. The summed E-state index contributed by atoms with van der Waals surface area (Å²) in [4.78, 5) is 22.9. The highest BCUT2D eigenvalue weighted by Crippen LogP contribution is 2.37. The fourth-order valence-corrected chi connectivity index (χ4v) is 10.7. The Morgan fingerprint density at radius 1 is 0.889 bits per heavy atom. The molecule has 0 unspecified atom stereocenters. The lowest BCUT2D eigenvalue weighted by Crippen LogP contribution is -2.67. The molecule has 0 aliphatic carbocycles. The Morgan fingerprint density at radius 2 is 1.47 bits per heavy atom. The van der Waals surface area contributed by atoms with E-state index in [0.29, 0.717) is 23.3 Å². The smallest absolute Gasteiger partial charge is 0.261 e. The zero-order valence-electron chi connectivity index (χ0n) is 26.8. The minimum atomic E-state index is -2.88. The van der Waals surface area contributed by atoms with E-state index in [-0.39, 0.29) is 35.7 Å². The Bertz CT molecular complexity index is 1700. The van der Waals surface area contributed by atoms with E-state index in [2.05, 4.69) is 69.2 Å². The maximum atomic E-state index is 16.0. The molecule has 5 aromatic rings. The van der Waals surface area contributed by atoms with Crippen LogP contribution in [0.1, 0.15) is 52.0 Å². The number of aromatic nitrogens is 3. The molecule has 0 aliphatic heterocycles. The second-order valence-corrected chi connectivity index (χ2v) is 17.2. The maximum absolute atomic E-state index is 16.0. The molecule has 0 radical (unpaired) electrons. The third-order valence-corrected chi connectivity index (χ3v) is 13.4. The van der Waals surface area contributed by atoms with Gasteiger partial charge in [-0.3, -0.25) is 14.3 Å². The SMILES string of the molecule is CC(C)[C@H](NC[C@@H](F)CO[Si](c1ccccc1)(c1ccccc1)C(C)(C)C)c1nc2cnccc2c(=O)n1Cc1ccccc1. The number of hydrogen-bond acceptors (Lipinski definition) is 5. The van der Waals surface area contributed by atoms with Gasteiger partial charge in [0.25, 0.3) is 13.9 Å². The van der Waals surface area contributed by atoms with Crippen molar-refractivity contribution < 1.29 is 8.82 Å². The van der Waals surface area contributed by atoms with Gasteiger partial charge in [-0.25, -0.2) is 9.37 Å². The Labute approximate surface area is 266 Å². The number of pyridine rings is 1. The van der Waals surface area contributed by atoms with Crippen LogP contribution in [0.15, 0.2) is 114 Å².